The summed E-state index contributed by atoms with van der Waals surface area (Å²) in [5, 5.41) is 9.40. The van der Waals surface area contributed by atoms with Gasteiger partial charge in [0.2, 0.25) is 0 Å². The first kappa shape index (κ1) is 18.9. The predicted molar refractivity (Wildman–Crippen MR) is 98.2 cm³/mol. The van der Waals surface area contributed by atoms with Crippen LogP contribution in [-0.2, 0) is 19.4 Å². The molecule has 2 heterocycles. The minimum absolute atomic E-state index is 0.0726. The molecule has 140 valence electrons. The first-order valence-electron chi connectivity index (χ1n) is 8.33. The van der Waals surface area contributed by atoms with Gasteiger partial charge >= 0.3 is 0 Å². The fourth-order valence-corrected chi connectivity index (χ4v) is 4.98. The maximum absolute atomic E-state index is 13.0. The zero-order chi connectivity index (χ0) is 19.8. The molecule has 2 aliphatic heterocycles. The van der Waals surface area contributed by atoms with E-state index in [4.69, 9.17) is 4.74 Å². The lowest BCUT2D eigenvalue weighted by molar-refractivity contribution is -0.142. The molecule has 1 aromatic rings. The first-order valence-corrected chi connectivity index (χ1v) is 10.1. The zero-order valence-corrected chi connectivity index (χ0v) is 15.7. The molecule has 0 aromatic heterocycles. The second-order valence-corrected chi connectivity index (χ2v) is 8.71. The van der Waals surface area contributed by atoms with E-state index in [9.17, 15) is 23.3 Å². The van der Waals surface area contributed by atoms with E-state index in [-0.39, 0.29) is 29.1 Å². The van der Waals surface area contributed by atoms with Crippen molar-refractivity contribution >= 4 is 27.7 Å². The first-order chi connectivity index (χ1) is 12.8. The van der Waals surface area contributed by atoms with Crippen molar-refractivity contribution in [3.63, 3.8) is 0 Å². The Labute approximate surface area is 157 Å². The number of ether oxygens (including phenoxy) is 1. The van der Waals surface area contributed by atoms with Crippen LogP contribution in [0.25, 0.3) is 6.08 Å². The second kappa shape index (κ2) is 7.00. The Morgan fingerprint density at radius 3 is 2.41 bits per heavy atom. The standard InChI is InChI=1S/C19H18N2O5S/c1-12-16(9-13-3-5-15(26-2)6-4-13)18(22)21(19(23)17(12)10-20)14-7-8-27(24,25)11-14/h3-6,9,14H,7-8,11H2,1-2H3/b16-9+/t14-/m1/s1. The lowest BCUT2D eigenvalue weighted by Gasteiger charge is -2.31. The number of carbonyl (C=O) groups excluding carboxylic acids is 2. The van der Waals surface area contributed by atoms with Crippen LogP contribution in [0.3, 0.4) is 0 Å². The summed E-state index contributed by atoms with van der Waals surface area (Å²) in [6.45, 7) is 1.55. The van der Waals surface area contributed by atoms with Crippen LogP contribution in [0.5, 0.6) is 5.75 Å². The summed E-state index contributed by atoms with van der Waals surface area (Å²) < 4.78 is 28.7. The van der Waals surface area contributed by atoms with Crippen LogP contribution < -0.4 is 4.74 Å². The molecular formula is C19H18N2O5S. The predicted octanol–water partition coefficient (Wildman–Crippen LogP) is 1.47. The Hall–Kier alpha value is -2.92. The van der Waals surface area contributed by atoms with E-state index in [2.05, 4.69) is 0 Å². The third-order valence-electron chi connectivity index (χ3n) is 4.77. The molecule has 2 amide bonds. The number of sulfone groups is 1. The topological polar surface area (TPSA) is 105 Å². The zero-order valence-electron chi connectivity index (χ0n) is 14.9. The molecule has 0 unspecified atom stereocenters. The molecular weight excluding hydrogens is 368 g/mol. The molecule has 0 radical (unpaired) electrons. The van der Waals surface area contributed by atoms with Crippen molar-refractivity contribution in [2.75, 3.05) is 18.6 Å². The van der Waals surface area contributed by atoms with Crippen LogP contribution >= 0.6 is 0 Å². The van der Waals surface area contributed by atoms with Crippen LogP contribution in [0.4, 0.5) is 0 Å². The highest BCUT2D eigenvalue weighted by Gasteiger charge is 2.43. The quantitative estimate of drug-likeness (QED) is 0.576. The van der Waals surface area contributed by atoms with E-state index in [0.29, 0.717) is 16.9 Å². The highest BCUT2D eigenvalue weighted by atomic mass is 32.2. The molecule has 0 N–H and O–H groups in total. The number of amides is 2. The van der Waals surface area contributed by atoms with E-state index in [1.165, 1.54) is 0 Å². The van der Waals surface area contributed by atoms with Gasteiger partial charge in [-0.1, -0.05) is 12.1 Å². The number of carbonyl (C=O) groups is 2. The monoisotopic (exact) mass is 386 g/mol. The summed E-state index contributed by atoms with van der Waals surface area (Å²) in [5.74, 6) is -0.983. The molecule has 0 bridgehead atoms. The summed E-state index contributed by atoms with van der Waals surface area (Å²) in [7, 11) is -1.75. The third kappa shape index (κ3) is 3.51. The number of benzene rings is 1. The van der Waals surface area contributed by atoms with Crippen molar-refractivity contribution in [2.24, 2.45) is 0 Å². The van der Waals surface area contributed by atoms with Gasteiger partial charge < -0.3 is 4.74 Å². The lowest BCUT2D eigenvalue weighted by Crippen LogP contribution is -2.49. The van der Waals surface area contributed by atoms with Crippen LogP contribution in [0.1, 0.15) is 18.9 Å². The number of hydrogen-bond donors (Lipinski definition) is 0. The molecule has 2 aliphatic rings. The van der Waals surface area contributed by atoms with Crippen molar-refractivity contribution in [2.45, 2.75) is 19.4 Å². The number of rotatable bonds is 3. The summed E-state index contributed by atoms with van der Waals surface area (Å²) >= 11 is 0. The average Bonchev–Trinajstić information content (AvgIpc) is 2.99. The number of imide groups is 1. The molecule has 8 heteroatoms. The molecule has 27 heavy (non-hydrogen) atoms. The van der Waals surface area contributed by atoms with E-state index >= 15 is 0 Å². The largest absolute Gasteiger partial charge is 0.497 e. The van der Waals surface area contributed by atoms with Gasteiger partial charge in [-0.2, -0.15) is 5.26 Å². The highest BCUT2D eigenvalue weighted by molar-refractivity contribution is 7.91. The number of nitriles is 1. The van der Waals surface area contributed by atoms with Gasteiger partial charge in [0.15, 0.2) is 9.84 Å². The summed E-state index contributed by atoms with van der Waals surface area (Å²) in [6, 6.07) is 8.08. The van der Waals surface area contributed by atoms with Crippen molar-refractivity contribution < 1.29 is 22.7 Å². The molecule has 3 rings (SSSR count). The number of hydrogen-bond acceptors (Lipinski definition) is 6. The van der Waals surface area contributed by atoms with Crippen molar-refractivity contribution in [3.05, 3.63) is 46.5 Å². The Morgan fingerprint density at radius 1 is 1.22 bits per heavy atom. The Morgan fingerprint density at radius 2 is 1.89 bits per heavy atom. The van der Waals surface area contributed by atoms with Gasteiger partial charge in [-0.3, -0.25) is 14.5 Å². The molecule has 0 saturated carbocycles. The van der Waals surface area contributed by atoms with Crippen molar-refractivity contribution in [1.29, 1.82) is 5.26 Å². The average molecular weight is 386 g/mol. The Balaban J connectivity index is 2.05. The minimum Gasteiger partial charge on any atom is -0.497 e. The third-order valence-corrected chi connectivity index (χ3v) is 6.52. The Bertz CT molecular complexity index is 1010. The fraction of sp³-hybridized carbons (Fsp3) is 0.316. The fourth-order valence-electron chi connectivity index (χ4n) is 3.28. The second-order valence-electron chi connectivity index (χ2n) is 6.48. The molecule has 1 fully saturated rings. The molecule has 0 spiro atoms. The molecule has 7 nitrogen and oxygen atoms in total. The summed E-state index contributed by atoms with van der Waals surface area (Å²) in [4.78, 5) is 26.6. The van der Waals surface area contributed by atoms with Crippen LogP contribution in [-0.4, -0.2) is 49.8 Å². The van der Waals surface area contributed by atoms with Crippen LogP contribution in [0.2, 0.25) is 0 Å². The van der Waals surface area contributed by atoms with Gasteiger partial charge in [-0.05, 0) is 42.7 Å². The highest BCUT2D eigenvalue weighted by Crippen LogP contribution is 2.31. The van der Waals surface area contributed by atoms with E-state index in [1.807, 2.05) is 6.07 Å². The molecule has 0 aliphatic carbocycles. The minimum atomic E-state index is -3.29. The van der Waals surface area contributed by atoms with Gasteiger partial charge in [0.25, 0.3) is 11.8 Å². The van der Waals surface area contributed by atoms with Crippen LogP contribution in [0.15, 0.2) is 41.0 Å². The van der Waals surface area contributed by atoms with E-state index in [1.54, 1.807) is 44.4 Å². The van der Waals surface area contributed by atoms with Gasteiger partial charge in [-0.25, -0.2) is 8.42 Å². The molecule has 1 saturated heterocycles. The van der Waals surface area contributed by atoms with Gasteiger partial charge in [-0.15, -0.1) is 0 Å². The molecule has 1 atom stereocenters. The van der Waals surface area contributed by atoms with Gasteiger partial charge in [0, 0.05) is 5.57 Å². The number of methoxy groups -OCH3 is 1. The summed E-state index contributed by atoms with van der Waals surface area (Å²) in [5.41, 5.74) is 1.06. The normalized spacial score (nSPS) is 23.7. The Kier molecular flexibility index (Phi) is 4.89. The van der Waals surface area contributed by atoms with Gasteiger partial charge in [0.1, 0.15) is 17.4 Å². The smallest absolute Gasteiger partial charge is 0.271 e. The van der Waals surface area contributed by atoms with Crippen molar-refractivity contribution in [1.82, 2.24) is 4.90 Å². The SMILES string of the molecule is COc1ccc(/C=C2/C(=O)N([C@@H]3CCS(=O)(=O)C3)C(=O)C(C#N)=C2C)cc1. The van der Waals surface area contributed by atoms with E-state index in [0.717, 1.165) is 4.90 Å². The van der Waals surface area contributed by atoms with E-state index < -0.39 is 27.7 Å². The number of nitrogens with zero attached hydrogens (tertiary/aromatic N) is 2. The van der Waals surface area contributed by atoms with Gasteiger partial charge in [0.05, 0.1) is 24.7 Å². The lowest BCUT2D eigenvalue weighted by atomic mass is 9.92. The maximum Gasteiger partial charge on any atom is 0.271 e. The van der Waals surface area contributed by atoms with Crippen molar-refractivity contribution in [3.8, 4) is 11.8 Å². The maximum atomic E-state index is 13.0. The van der Waals surface area contributed by atoms with Crippen LogP contribution in [0, 0.1) is 11.3 Å². The summed E-state index contributed by atoms with van der Waals surface area (Å²) in [6.07, 6.45) is 1.78. The molecule has 1 aromatic carbocycles.